The Balaban J connectivity index is 1.29. The maximum absolute atomic E-state index is 12.5. The van der Waals surface area contributed by atoms with E-state index in [1.165, 1.54) is 5.56 Å². The number of benzene rings is 2. The first-order valence-electron chi connectivity index (χ1n) is 11.4. The number of carbonyl (C=O) groups excluding carboxylic acids is 1. The smallest absolute Gasteiger partial charge is 0.319 e. The first kappa shape index (κ1) is 22.2. The predicted molar refractivity (Wildman–Crippen MR) is 129 cm³/mol. The van der Waals surface area contributed by atoms with Crippen molar-refractivity contribution in [2.75, 3.05) is 31.5 Å². The van der Waals surface area contributed by atoms with E-state index < -0.39 is 5.60 Å². The van der Waals surface area contributed by atoms with Gasteiger partial charge in [-0.2, -0.15) is 0 Å². The van der Waals surface area contributed by atoms with E-state index in [2.05, 4.69) is 39.6 Å². The van der Waals surface area contributed by atoms with Crippen LogP contribution in [-0.2, 0) is 5.60 Å². The lowest BCUT2D eigenvalue weighted by atomic mass is 9.86. The van der Waals surface area contributed by atoms with Gasteiger partial charge in [-0.15, -0.1) is 0 Å². The lowest BCUT2D eigenvalue weighted by Gasteiger charge is -2.27. The Hall–Kier alpha value is -2.96. The van der Waals surface area contributed by atoms with Crippen molar-refractivity contribution in [3.63, 3.8) is 0 Å². The Kier molecular flexibility index (Phi) is 6.72. The number of anilines is 1. The molecule has 1 aliphatic rings. The summed E-state index contributed by atoms with van der Waals surface area (Å²) in [6.45, 7) is 7.02. The molecule has 0 saturated carbocycles. The van der Waals surface area contributed by atoms with Crippen LogP contribution in [0, 0.1) is 13.8 Å². The summed E-state index contributed by atoms with van der Waals surface area (Å²) in [6.07, 6.45) is 2.39. The van der Waals surface area contributed by atoms with Crippen LogP contribution in [-0.4, -0.2) is 47.2 Å². The third-order valence-electron chi connectivity index (χ3n) is 6.30. The van der Waals surface area contributed by atoms with Crippen LogP contribution in [0.25, 0.3) is 10.9 Å². The van der Waals surface area contributed by atoms with Crippen molar-refractivity contribution >= 4 is 22.6 Å². The van der Waals surface area contributed by atoms with E-state index in [0.717, 1.165) is 60.3 Å². The van der Waals surface area contributed by atoms with Crippen molar-refractivity contribution in [3.8, 4) is 0 Å². The van der Waals surface area contributed by atoms with Gasteiger partial charge >= 0.3 is 6.03 Å². The first-order chi connectivity index (χ1) is 15.4. The fourth-order valence-electron chi connectivity index (χ4n) is 4.46. The summed E-state index contributed by atoms with van der Waals surface area (Å²) in [6, 6.07) is 17.7. The molecule has 32 heavy (non-hydrogen) atoms. The first-order valence-corrected chi connectivity index (χ1v) is 11.4. The summed E-state index contributed by atoms with van der Waals surface area (Å²) >= 11 is 0. The molecule has 1 fully saturated rings. The van der Waals surface area contributed by atoms with E-state index in [9.17, 15) is 9.90 Å². The van der Waals surface area contributed by atoms with Gasteiger partial charge in [-0.25, -0.2) is 4.79 Å². The standard InChI is InChI=1S/C26H32N4O2/c1-19-8-10-21(11-9-19)26(32)12-5-15-30(16-13-26)17-14-27-25(31)29-24-18-20(2)28-23-7-4-3-6-22(23)24/h3-4,6-11,18,32H,5,12-17H2,1-2H3,(H2,27,28,29,31). The largest absolute Gasteiger partial charge is 0.385 e. The van der Waals surface area contributed by atoms with Crippen LogP contribution in [0.3, 0.4) is 0 Å². The van der Waals surface area contributed by atoms with Gasteiger partial charge in [-0.3, -0.25) is 4.98 Å². The van der Waals surface area contributed by atoms with Crippen LogP contribution >= 0.6 is 0 Å². The molecular formula is C26H32N4O2. The Morgan fingerprint density at radius 2 is 1.88 bits per heavy atom. The maximum atomic E-state index is 12.5. The van der Waals surface area contributed by atoms with Gasteiger partial charge in [-0.1, -0.05) is 48.0 Å². The van der Waals surface area contributed by atoms with Gasteiger partial charge in [0.15, 0.2) is 0 Å². The van der Waals surface area contributed by atoms with Gasteiger partial charge in [0, 0.05) is 30.7 Å². The normalized spacial score (nSPS) is 19.5. The van der Waals surface area contributed by atoms with Crippen molar-refractivity contribution in [2.24, 2.45) is 0 Å². The number of hydrogen-bond acceptors (Lipinski definition) is 4. The van der Waals surface area contributed by atoms with Crippen LogP contribution in [0.5, 0.6) is 0 Å². The third-order valence-corrected chi connectivity index (χ3v) is 6.30. The molecule has 2 heterocycles. The number of fused-ring (bicyclic) bond motifs is 1. The number of pyridine rings is 1. The molecule has 1 aromatic heterocycles. The van der Waals surface area contributed by atoms with Gasteiger partial charge in [0.2, 0.25) is 0 Å². The van der Waals surface area contributed by atoms with E-state index in [1.807, 2.05) is 49.4 Å². The number of rotatable bonds is 5. The summed E-state index contributed by atoms with van der Waals surface area (Å²) < 4.78 is 0. The minimum absolute atomic E-state index is 0.216. The second-order valence-corrected chi connectivity index (χ2v) is 8.80. The number of aryl methyl sites for hydroxylation is 2. The molecule has 0 aliphatic carbocycles. The average molecular weight is 433 g/mol. The van der Waals surface area contributed by atoms with Gasteiger partial charge in [-0.05, 0) is 57.4 Å². The van der Waals surface area contributed by atoms with Crippen molar-refractivity contribution in [1.29, 1.82) is 0 Å². The molecule has 0 radical (unpaired) electrons. The third kappa shape index (κ3) is 5.26. The quantitative estimate of drug-likeness (QED) is 0.560. The Bertz CT molecular complexity index is 1080. The van der Waals surface area contributed by atoms with E-state index in [0.29, 0.717) is 13.0 Å². The monoisotopic (exact) mass is 432 g/mol. The Labute approximate surface area is 189 Å². The molecule has 0 bridgehead atoms. The minimum Gasteiger partial charge on any atom is -0.385 e. The minimum atomic E-state index is -0.770. The summed E-state index contributed by atoms with van der Waals surface area (Å²) in [7, 11) is 0. The van der Waals surface area contributed by atoms with Crippen molar-refractivity contribution in [1.82, 2.24) is 15.2 Å². The fourth-order valence-corrected chi connectivity index (χ4v) is 4.46. The molecule has 2 aromatic carbocycles. The Morgan fingerprint density at radius 1 is 1.09 bits per heavy atom. The highest BCUT2D eigenvalue weighted by Crippen LogP contribution is 2.32. The zero-order valence-corrected chi connectivity index (χ0v) is 18.9. The molecule has 3 aromatic rings. The lowest BCUT2D eigenvalue weighted by molar-refractivity contribution is 0.0212. The fraction of sp³-hybridized carbons (Fsp3) is 0.385. The number of hydrogen-bond donors (Lipinski definition) is 3. The topological polar surface area (TPSA) is 77.5 Å². The second-order valence-electron chi connectivity index (χ2n) is 8.80. The summed E-state index contributed by atoms with van der Waals surface area (Å²) in [5.41, 5.74) is 3.93. The average Bonchev–Trinajstić information content (AvgIpc) is 2.96. The molecule has 6 nitrogen and oxygen atoms in total. The zero-order chi connectivity index (χ0) is 22.6. The number of aromatic nitrogens is 1. The Morgan fingerprint density at radius 3 is 2.69 bits per heavy atom. The lowest BCUT2D eigenvalue weighted by Crippen LogP contribution is -2.38. The second kappa shape index (κ2) is 9.67. The van der Waals surface area contributed by atoms with Gasteiger partial charge in [0.05, 0.1) is 16.8 Å². The SMILES string of the molecule is Cc1ccc(C2(O)CCCN(CCNC(=O)Nc3cc(C)nc4ccccc34)CC2)cc1. The van der Waals surface area contributed by atoms with Crippen molar-refractivity contribution in [2.45, 2.75) is 38.7 Å². The molecule has 2 amide bonds. The zero-order valence-electron chi connectivity index (χ0n) is 18.9. The number of aliphatic hydroxyl groups is 1. The van der Waals surface area contributed by atoms with E-state index >= 15 is 0 Å². The number of carbonyl (C=O) groups is 1. The summed E-state index contributed by atoms with van der Waals surface area (Å²) in [5.74, 6) is 0. The van der Waals surface area contributed by atoms with Crippen LogP contribution < -0.4 is 10.6 Å². The van der Waals surface area contributed by atoms with Gasteiger partial charge < -0.3 is 20.6 Å². The predicted octanol–water partition coefficient (Wildman–Crippen LogP) is 4.35. The van der Waals surface area contributed by atoms with Crippen molar-refractivity contribution in [3.05, 3.63) is 71.4 Å². The molecule has 3 N–H and O–H groups in total. The number of urea groups is 1. The van der Waals surface area contributed by atoms with Crippen LogP contribution in [0.2, 0.25) is 0 Å². The highest BCUT2D eigenvalue weighted by atomic mass is 16.3. The van der Waals surface area contributed by atoms with E-state index in [4.69, 9.17) is 0 Å². The number of likely N-dealkylation sites (tertiary alicyclic amines) is 1. The highest BCUT2D eigenvalue weighted by molar-refractivity contribution is 6.00. The summed E-state index contributed by atoms with van der Waals surface area (Å²) in [5, 5.41) is 18.1. The molecule has 4 rings (SSSR count). The molecule has 1 unspecified atom stereocenters. The number of nitrogens with zero attached hydrogens (tertiary/aromatic N) is 2. The summed E-state index contributed by atoms with van der Waals surface area (Å²) in [4.78, 5) is 19.3. The number of para-hydroxylation sites is 1. The molecule has 0 spiro atoms. The number of nitrogens with one attached hydrogen (secondary N) is 2. The maximum Gasteiger partial charge on any atom is 0.319 e. The molecule has 1 saturated heterocycles. The highest BCUT2D eigenvalue weighted by Gasteiger charge is 2.31. The van der Waals surface area contributed by atoms with Crippen LogP contribution in [0.4, 0.5) is 10.5 Å². The van der Waals surface area contributed by atoms with Gasteiger partial charge in [0.1, 0.15) is 0 Å². The van der Waals surface area contributed by atoms with Crippen LogP contribution in [0.15, 0.2) is 54.6 Å². The van der Waals surface area contributed by atoms with E-state index in [1.54, 1.807) is 0 Å². The molecule has 6 heteroatoms. The number of amides is 2. The van der Waals surface area contributed by atoms with Crippen molar-refractivity contribution < 1.29 is 9.90 Å². The van der Waals surface area contributed by atoms with E-state index in [-0.39, 0.29) is 6.03 Å². The molecule has 1 atom stereocenters. The molecule has 168 valence electrons. The molecular weight excluding hydrogens is 400 g/mol. The molecule has 1 aliphatic heterocycles. The van der Waals surface area contributed by atoms with Crippen LogP contribution in [0.1, 0.15) is 36.1 Å². The van der Waals surface area contributed by atoms with Gasteiger partial charge in [0.25, 0.3) is 0 Å².